The Morgan fingerprint density at radius 2 is 1.89 bits per heavy atom. The van der Waals surface area contributed by atoms with E-state index in [9.17, 15) is 14.9 Å². The molecular weight excluding hydrogens is 561 g/mol. The molecule has 0 saturated carbocycles. The van der Waals surface area contributed by atoms with Crippen molar-refractivity contribution < 1.29 is 22.8 Å². The summed E-state index contributed by atoms with van der Waals surface area (Å²) in [5.74, 6) is -5.87. The van der Waals surface area contributed by atoms with Gasteiger partial charge in [0, 0.05) is 37.2 Å². The van der Waals surface area contributed by atoms with E-state index in [4.69, 9.17) is 27.6 Å². The number of likely N-dealkylation sites (tertiary alicyclic amines) is 2. The number of nitrogens with zero attached hydrogens (tertiary/aromatic N) is 6. The van der Waals surface area contributed by atoms with Crippen molar-refractivity contribution in [2.24, 2.45) is 10.8 Å². The van der Waals surface area contributed by atoms with E-state index in [1.807, 2.05) is 6.07 Å². The van der Waals surface area contributed by atoms with Crippen molar-refractivity contribution in [3.63, 3.8) is 0 Å². The molecule has 5 rings (SSSR count). The SMILES string of the molecule is CC(C)(C#N)C(=O)N1CC2(CN(C(=O)c3cncs3)CC2c2nnc(C(F)(F)c3ccc(Cl)c(Cl)c3)o2)C1. The Morgan fingerprint density at radius 3 is 2.53 bits per heavy atom. The molecule has 38 heavy (non-hydrogen) atoms. The second-order valence-electron chi connectivity index (χ2n) is 10.0. The third-order valence-corrected chi connectivity index (χ3v) is 8.48. The lowest BCUT2D eigenvalue weighted by Gasteiger charge is -2.51. The number of benzene rings is 1. The van der Waals surface area contributed by atoms with Crippen LogP contribution < -0.4 is 0 Å². The Hall–Kier alpha value is -3.14. The molecule has 3 aromatic rings. The average molecular weight is 581 g/mol. The van der Waals surface area contributed by atoms with Gasteiger partial charge in [-0.25, -0.2) is 0 Å². The highest BCUT2D eigenvalue weighted by Crippen LogP contribution is 2.50. The van der Waals surface area contributed by atoms with E-state index in [1.54, 1.807) is 10.4 Å². The number of nitriles is 1. The van der Waals surface area contributed by atoms with Crippen molar-refractivity contribution in [3.05, 3.63) is 62.2 Å². The van der Waals surface area contributed by atoms with Crippen LogP contribution in [-0.4, -0.2) is 63.0 Å². The summed E-state index contributed by atoms with van der Waals surface area (Å²) >= 11 is 13.0. The fourth-order valence-electron chi connectivity index (χ4n) is 4.88. The molecule has 1 aromatic carbocycles. The number of aromatic nitrogens is 3. The van der Waals surface area contributed by atoms with Crippen molar-refractivity contribution in [1.29, 1.82) is 5.26 Å². The maximum Gasteiger partial charge on any atom is 0.349 e. The highest BCUT2D eigenvalue weighted by Gasteiger charge is 2.60. The minimum atomic E-state index is -3.65. The fourth-order valence-corrected chi connectivity index (χ4v) is 5.76. The monoisotopic (exact) mass is 580 g/mol. The standard InChI is InChI=1S/C24H20Cl2F2N6O3S/c1-22(2,8-29)21(36)34-10-23(11-34)9-33(19(35)17-6-30-12-38-17)7-14(23)18-31-32-20(37-18)24(27,28)13-3-4-15(25)16(26)5-13/h3-6,12,14H,7,9-11H2,1-2H3. The molecule has 2 aliphatic heterocycles. The number of alkyl halides is 2. The summed E-state index contributed by atoms with van der Waals surface area (Å²) in [6.07, 6.45) is 1.46. The molecule has 2 aliphatic rings. The van der Waals surface area contributed by atoms with Crippen molar-refractivity contribution >= 4 is 46.4 Å². The summed E-state index contributed by atoms with van der Waals surface area (Å²) < 4.78 is 36.1. The number of amides is 2. The molecule has 0 radical (unpaired) electrons. The van der Waals surface area contributed by atoms with Crippen LogP contribution in [0.4, 0.5) is 8.78 Å². The smallest absolute Gasteiger partial charge is 0.349 e. The van der Waals surface area contributed by atoms with Crippen LogP contribution in [0.15, 0.2) is 34.3 Å². The molecule has 2 saturated heterocycles. The Balaban J connectivity index is 1.45. The Kier molecular flexibility index (Phi) is 6.44. The van der Waals surface area contributed by atoms with Crippen LogP contribution in [0.1, 0.15) is 46.8 Å². The third-order valence-electron chi connectivity index (χ3n) is 6.98. The second kappa shape index (κ2) is 9.25. The molecule has 1 spiro atoms. The second-order valence-corrected chi connectivity index (χ2v) is 11.7. The van der Waals surface area contributed by atoms with Crippen LogP contribution in [0.3, 0.4) is 0 Å². The predicted molar refractivity (Wildman–Crippen MR) is 133 cm³/mol. The fraction of sp³-hybridized carbons (Fsp3) is 0.417. The molecule has 1 atom stereocenters. The van der Waals surface area contributed by atoms with E-state index in [-0.39, 0.29) is 53.9 Å². The topological polar surface area (TPSA) is 116 Å². The molecule has 2 fully saturated rings. The number of halogens is 4. The highest BCUT2D eigenvalue weighted by atomic mass is 35.5. The summed E-state index contributed by atoms with van der Waals surface area (Å²) in [5, 5.41) is 17.0. The molecule has 1 unspecified atom stereocenters. The minimum Gasteiger partial charge on any atom is -0.419 e. The van der Waals surface area contributed by atoms with E-state index in [1.165, 1.54) is 42.3 Å². The zero-order valence-corrected chi connectivity index (χ0v) is 22.4. The van der Waals surface area contributed by atoms with Crippen molar-refractivity contribution in [2.45, 2.75) is 25.7 Å². The quantitative estimate of drug-likeness (QED) is 0.433. The summed E-state index contributed by atoms with van der Waals surface area (Å²) in [6.45, 7) is 3.83. The molecule has 9 nitrogen and oxygen atoms in total. The summed E-state index contributed by atoms with van der Waals surface area (Å²) in [5.41, 5.74) is -0.860. The van der Waals surface area contributed by atoms with Gasteiger partial charge in [-0.15, -0.1) is 21.5 Å². The number of hydrogen-bond acceptors (Lipinski definition) is 8. The Morgan fingerprint density at radius 1 is 1.18 bits per heavy atom. The lowest BCUT2D eigenvalue weighted by molar-refractivity contribution is -0.150. The predicted octanol–water partition coefficient (Wildman–Crippen LogP) is 4.59. The number of hydrogen-bond donors (Lipinski definition) is 0. The Bertz CT molecular complexity index is 1450. The average Bonchev–Trinajstić information content (AvgIpc) is 3.63. The van der Waals surface area contributed by atoms with Crippen LogP contribution >= 0.6 is 34.5 Å². The van der Waals surface area contributed by atoms with Gasteiger partial charge in [0.25, 0.3) is 11.8 Å². The summed E-state index contributed by atoms with van der Waals surface area (Å²) in [4.78, 5) is 33.4. The van der Waals surface area contributed by atoms with Gasteiger partial charge in [0.2, 0.25) is 11.8 Å². The third kappa shape index (κ3) is 4.32. The summed E-state index contributed by atoms with van der Waals surface area (Å²) in [7, 11) is 0. The molecule has 198 valence electrons. The lowest BCUT2D eigenvalue weighted by atomic mass is 9.70. The van der Waals surface area contributed by atoms with Gasteiger partial charge in [-0.05, 0) is 26.0 Å². The summed E-state index contributed by atoms with van der Waals surface area (Å²) in [6, 6.07) is 5.41. The number of thiazole rings is 1. The van der Waals surface area contributed by atoms with E-state index < -0.39 is 34.1 Å². The molecular formula is C24H20Cl2F2N6O3S. The molecule has 14 heteroatoms. The molecule has 0 N–H and O–H groups in total. The maximum atomic E-state index is 15.3. The zero-order chi connectivity index (χ0) is 27.5. The van der Waals surface area contributed by atoms with Gasteiger partial charge < -0.3 is 14.2 Å². The van der Waals surface area contributed by atoms with Crippen LogP contribution in [0.25, 0.3) is 0 Å². The largest absolute Gasteiger partial charge is 0.419 e. The first-order valence-electron chi connectivity index (χ1n) is 11.4. The van der Waals surface area contributed by atoms with Gasteiger partial charge in [-0.1, -0.05) is 29.3 Å². The normalized spacial score (nSPS) is 18.9. The zero-order valence-electron chi connectivity index (χ0n) is 20.1. The van der Waals surface area contributed by atoms with Gasteiger partial charge in [0.15, 0.2) is 0 Å². The van der Waals surface area contributed by atoms with Crippen LogP contribution in [0.2, 0.25) is 10.0 Å². The van der Waals surface area contributed by atoms with E-state index in [0.717, 1.165) is 12.1 Å². The Labute approximate surface area is 230 Å². The molecule has 0 aliphatic carbocycles. The van der Waals surface area contributed by atoms with Gasteiger partial charge in [0.05, 0.1) is 33.7 Å². The van der Waals surface area contributed by atoms with E-state index >= 15 is 8.78 Å². The van der Waals surface area contributed by atoms with Gasteiger partial charge in [0.1, 0.15) is 10.3 Å². The lowest BCUT2D eigenvalue weighted by Crippen LogP contribution is -2.63. The number of rotatable bonds is 5. The molecule has 0 bridgehead atoms. The van der Waals surface area contributed by atoms with E-state index in [2.05, 4.69) is 15.2 Å². The highest BCUT2D eigenvalue weighted by molar-refractivity contribution is 7.11. The van der Waals surface area contributed by atoms with Crippen LogP contribution in [0.5, 0.6) is 0 Å². The number of carbonyl (C=O) groups excluding carboxylic acids is 2. The minimum absolute atomic E-state index is 0.0462. The molecule has 4 heterocycles. The first kappa shape index (κ1) is 26.5. The molecule has 2 aromatic heterocycles. The number of carbonyl (C=O) groups is 2. The van der Waals surface area contributed by atoms with Crippen LogP contribution in [-0.2, 0) is 10.7 Å². The first-order chi connectivity index (χ1) is 17.9. The first-order valence-corrected chi connectivity index (χ1v) is 13.1. The van der Waals surface area contributed by atoms with E-state index in [0.29, 0.717) is 4.88 Å². The van der Waals surface area contributed by atoms with Crippen molar-refractivity contribution in [3.8, 4) is 6.07 Å². The van der Waals surface area contributed by atoms with Gasteiger partial charge in [-0.2, -0.15) is 14.0 Å². The van der Waals surface area contributed by atoms with Gasteiger partial charge in [-0.3, -0.25) is 14.6 Å². The van der Waals surface area contributed by atoms with Crippen molar-refractivity contribution in [2.75, 3.05) is 26.2 Å². The van der Waals surface area contributed by atoms with Crippen LogP contribution in [0, 0.1) is 22.2 Å². The maximum absolute atomic E-state index is 15.3. The van der Waals surface area contributed by atoms with Gasteiger partial charge >= 0.3 is 5.92 Å². The molecule has 2 amide bonds. The van der Waals surface area contributed by atoms with Crippen molar-refractivity contribution in [1.82, 2.24) is 25.0 Å².